The van der Waals surface area contributed by atoms with Crippen LogP contribution in [0, 0.1) is 0 Å². The number of methoxy groups -OCH3 is 1. The van der Waals surface area contributed by atoms with Crippen LogP contribution >= 0.6 is 11.3 Å². The van der Waals surface area contributed by atoms with Crippen molar-refractivity contribution in [3.63, 3.8) is 0 Å². The van der Waals surface area contributed by atoms with Crippen LogP contribution in [0.4, 0.5) is 9.93 Å². The summed E-state index contributed by atoms with van der Waals surface area (Å²) in [7, 11) is 1.32. The normalized spacial score (nSPS) is 8.86. The quantitative estimate of drug-likeness (QED) is 0.856. The predicted octanol–water partition coefficient (Wildman–Crippen LogP) is 3.02. The molecule has 0 radical (unpaired) electrons. The second-order valence-corrected chi connectivity index (χ2v) is 4.64. The maximum atomic E-state index is 11.1. The second kappa shape index (κ2) is 10.5. The van der Waals surface area contributed by atoms with Gasteiger partial charge < -0.3 is 20.4 Å². The van der Waals surface area contributed by atoms with E-state index >= 15 is 0 Å². The number of benzene rings is 1. The Morgan fingerprint density at radius 2 is 2.10 bits per heavy atom. The van der Waals surface area contributed by atoms with Gasteiger partial charge >= 0.3 is 27.8 Å². The van der Waals surface area contributed by atoms with Gasteiger partial charge in [0.1, 0.15) is 5.75 Å². The Morgan fingerprint density at radius 1 is 1.38 bits per heavy atom. The van der Waals surface area contributed by atoms with E-state index < -0.39 is 6.09 Å². The fourth-order valence-electron chi connectivity index (χ4n) is 1.41. The Kier molecular flexibility index (Phi) is 11.1. The first kappa shape index (κ1) is 22.1. The molecule has 1 heterocycles. The van der Waals surface area contributed by atoms with Crippen LogP contribution in [0.1, 0.15) is 13.3 Å². The Labute approximate surface area is 141 Å². The minimum Gasteiger partial charge on any atom is -2.00 e. The molecule has 0 unspecified atom stereocenters. The summed E-state index contributed by atoms with van der Waals surface area (Å²) >= 11 is 1.39. The van der Waals surface area contributed by atoms with Crippen molar-refractivity contribution in [2.45, 2.75) is 13.3 Å². The molecule has 1 aromatic carbocycles. The van der Waals surface area contributed by atoms with Crippen molar-refractivity contribution < 1.29 is 46.9 Å². The molecule has 0 bridgehead atoms. The predicted molar refractivity (Wildman–Crippen MR) is 72.8 cm³/mol. The summed E-state index contributed by atoms with van der Waals surface area (Å²) in [5, 5.41) is 3.07. The number of hydrogen-bond acceptors (Lipinski definition) is 5. The molecular weight excluding hydrogens is 332 g/mol. The number of hydrogen-bond donors (Lipinski definition) is 1. The molecule has 0 aliphatic heterocycles. The van der Waals surface area contributed by atoms with Crippen molar-refractivity contribution in [1.29, 1.82) is 0 Å². The van der Waals surface area contributed by atoms with Gasteiger partial charge in [0, 0.05) is 0 Å². The summed E-state index contributed by atoms with van der Waals surface area (Å²) in [6, 6.07) is 5.67. The molecule has 112 valence electrons. The van der Waals surface area contributed by atoms with Crippen molar-refractivity contribution >= 4 is 32.8 Å². The number of thiazole rings is 1. The molecule has 0 saturated carbocycles. The number of ether oxygens (including phenoxy) is 2. The number of aromatic nitrogens is 1. The van der Waals surface area contributed by atoms with Crippen molar-refractivity contribution in [2.24, 2.45) is 0 Å². The number of fused-ring (bicyclic) bond motifs is 1. The van der Waals surface area contributed by atoms with E-state index in [1.54, 1.807) is 0 Å². The van der Waals surface area contributed by atoms with Gasteiger partial charge in [-0.2, -0.15) is 0 Å². The average molecular weight is 346 g/mol. The van der Waals surface area contributed by atoms with Crippen molar-refractivity contribution in [3.8, 4) is 5.75 Å². The number of carbonyl (C=O) groups is 1. The minimum absolute atomic E-state index is 0. The van der Waals surface area contributed by atoms with Crippen molar-refractivity contribution in [3.05, 3.63) is 18.2 Å². The number of anilines is 1. The molecule has 1 N–H and O–H groups in total. The third-order valence-electron chi connectivity index (χ3n) is 2.23. The molecule has 0 saturated heterocycles. The summed E-state index contributed by atoms with van der Waals surface area (Å²) in [6.45, 7) is 2.75. The third kappa shape index (κ3) is 5.98. The Bertz CT molecular complexity index is 564. The van der Waals surface area contributed by atoms with Gasteiger partial charge in [0.05, 0.1) is 23.9 Å². The van der Waals surface area contributed by atoms with Gasteiger partial charge in [-0.05, 0) is 24.6 Å². The van der Waals surface area contributed by atoms with E-state index in [-0.39, 0.29) is 32.7 Å². The first-order valence-electron chi connectivity index (χ1n) is 5.61. The van der Waals surface area contributed by atoms with Crippen LogP contribution in [0.5, 0.6) is 5.75 Å². The van der Waals surface area contributed by atoms with Crippen molar-refractivity contribution in [2.75, 3.05) is 19.0 Å². The summed E-state index contributed by atoms with van der Waals surface area (Å²) in [4.78, 5) is 15.3. The summed E-state index contributed by atoms with van der Waals surface area (Å²) < 4.78 is 11.0. The fourth-order valence-corrected chi connectivity index (χ4v) is 2.29. The van der Waals surface area contributed by atoms with Gasteiger partial charge in [0.2, 0.25) is 0 Å². The Hall–Kier alpha value is -1.19. The van der Waals surface area contributed by atoms with Gasteiger partial charge in [0.25, 0.3) is 0 Å². The number of nitrogens with one attached hydrogen (secondary N) is 1. The van der Waals surface area contributed by atoms with Crippen LogP contribution in [-0.4, -0.2) is 24.8 Å². The molecule has 0 aliphatic carbocycles. The zero-order valence-corrected chi connectivity index (χ0v) is 13.9. The fraction of sp³-hybridized carbons (Fsp3) is 0.333. The SMILES string of the molecule is CCCOc1ccc2nc(NC(=O)OC)sc2c1.[O-2].[O-2].[Ti+4]. The van der Waals surface area contributed by atoms with E-state index in [0.717, 1.165) is 22.4 Å². The zero-order chi connectivity index (χ0) is 13.0. The largest absolute Gasteiger partial charge is 4.00 e. The number of amides is 1. The molecule has 21 heavy (non-hydrogen) atoms. The van der Waals surface area contributed by atoms with Gasteiger partial charge in [-0.15, -0.1) is 0 Å². The third-order valence-corrected chi connectivity index (χ3v) is 3.16. The molecule has 0 fully saturated rings. The Balaban J connectivity index is 0. The van der Waals surface area contributed by atoms with E-state index in [9.17, 15) is 4.79 Å². The first-order valence-corrected chi connectivity index (χ1v) is 6.43. The smallest absolute Gasteiger partial charge is 2.00 e. The van der Waals surface area contributed by atoms with Crippen molar-refractivity contribution in [1.82, 2.24) is 4.98 Å². The van der Waals surface area contributed by atoms with E-state index in [0.29, 0.717) is 11.7 Å². The van der Waals surface area contributed by atoms with Crippen LogP contribution < -0.4 is 10.1 Å². The first-order chi connectivity index (χ1) is 8.72. The molecule has 0 aliphatic rings. The molecular formula is C12H14N2O5STi. The molecule has 2 aromatic rings. The van der Waals surface area contributed by atoms with Gasteiger partial charge in [-0.1, -0.05) is 18.3 Å². The van der Waals surface area contributed by atoms with Crippen LogP contribution in [0.25, 0.3) is 10.2 Å². The van der Waals surface area contributed by atoms with Gasteiger partial charge in [-0.25, -0.2) is 9.78 Å². The maximum Gasteiger partial charge on any atom is 4.00 e. The average Bonchev–Trinajstić information content (AvgIpc) is 2.77. The number of rotatable bonds is 4. The Morgan fingerprint density at radius 3 is 2.71 bits per heavy atom. The molecule has 0 spiro atoms. The molecule has 7 nitrogen and oxygen atoms in total. The minimum atomic E-state index is -0.517. The number of nitrogens with zero attached hydrogens (tertiary/aromatic N) is 1. The standard InChI is InChI=1S/C12H14N2O3S.2O.Ti/c1-3-6-17-8-4-5-9-10(7-8)18-11(13-9)14-12(15)16-2;;;/h4-5,7H,3,6H2,1-2H3,(H,13,14,15);;;/q;2*-2;+4. The van der Waals surface area contributed by atoms with Crippen LogP contribution in [-0.2, 0) is 37.4 Å². The number of carbonyl (C=O) groups excluding carboxylic acids is 1. The van der Waals surface area contributed by atoms with E-state index in [4.69, 9.17) is 4.74 Å². The molecule has 1 amide bonds. The molecule has 2 rings (SSSR count). The maximum absolute atomic E-state index is 11.1. The van der Waals surface area contributed by atoms with Gasteiger partial charge in [0.15, 0.2) is 5.13 Å². The summed E-state index contributed by atoms with van der Waals surface area (Å²) in [6.07, 6.45) is 0.451. The van der Waals surface area contributed by atoms with E-state index in [1.807, 2.05) is 18.2 Å². The second-order valence-electron chi connectivity index (χ2n) is 3.61. The summed E-state index contributed by atoms with van der Waals surface area (Å²) in [5.74, 6) is 0.817. The van der Waals surface area contributed by atoms with Crippen LogP contribution in [0.15, 0.2) is 18.2 Å². The molecule has 9 heteroatoms. The van der Waals surface area contributed by atoms with Crippen LogP contribution in [0.3, 0.4) is 0 Å². The van der Waals surface area contributed by atoms with Crippen LogP contribution in [0.2, 0.25) is 0 Å². The van der Waals surface area contributed by atoms with E-state index in [1.165, 1.54) is 18.4 Å². The molecule has 0 atom stereocenters. The molecule has 1 aromatic heterocycles. The monoisotopic (exact) mass is 346 g/mol. The summed E-state index contributed by atoms with van der Waals surface area (Å²) in [5.41, 5.74) is 0.829. The van der Waals surface area contributed by atoms with E-state index in [2.05, 4.69) is 22.0 Å². The topological polar surface area (TPSA) is 117 Å². The van der Waals surface area contributed by atoms with Gasteiger partial charge in [-0.3, -0.25) is 5.32 Å². The zero-order valence-electron chi connectivity index (χ0n) is 11.5.